The maximum Gasteiger partial charge on any atom is 0.547 e. The average molecular weight is 377 g/mol. The van der Waals surface area contributed by atoms with Gasteiger partial charge in [-0.3, -0.25) is 9.69 Å². The first kappa shape index (κ1) is 19.6. The molecule has 3 unspecified atom stereocenters. The Kier molecular flexibility index (Phi) is 6.00. The van der Waals surface area contributed by atoms with Gasteiger partial charge in [0, 0.05) is 26.2 Å². The Bertz CT molecular complexity index is 718. The van der Waals surface area contributed by atoms with Crippen molar-refractivity contribution in [2.45, 2.75) is 30.9 Å². The van der Waals surface area contributed by atoms with Crippen molar-refractivity contribution in [2.24, 2.45) is 5.73 Å². The molecule has 3 atom stereocenters. The molecule has 146 valence electrons. The van der Waals surface area contributed by atoms with E-state index in [-0.39, 0.29) is 42.3 Å². The zero-order valence-electron chi connectivity index (χ0n) is 15.1. The van der Waals surface area contributed by atoms with Crippen LogP contribution >= 0.6 is 0 Å². The molecule has 0 spiro atoms. The molecular formula is C17H24BN3O6. The summed E-state index contributed by atoms with van der Waals surface area (Å²) in [5.41, 5.74) is 6.61. The number of ether oxygens (including phenoxy) is 1. The second-order valence-electron chi connectivity index (χ2n) is 6.95. The summed E-state index contributed by atoms with van der Waals surface area (Å²) in [6.45, 7) is 1.43. The Morgan fingerprint density at radius 1 is 1.48 bits per heavy atom. The van der Waals surface area contributed by atoms with Gasteiger partial charge in [0.2, 0.25) is 5.91 Å². The number of likely N-dealkylation sites (tertiary alicyclic amines) is 1. The molecule has 0 aliphatic carbocycles. The molecule has 2 aliphatic heterocycles. The number of aromatic carboxylic acids is 1. The van der Waals surface area contributed by atoms with Crippen molar-refractivity contribution in [2.75, 3.05) is 26.7 Å². The minimum Gasteiger partial charge on any atom is -0.534 e. The molecule has 0 bridgehead atoms. The lowest BCUT2D eigenvalue weighted by molar-refractivity contribution is -0.123. The maximum atomic E-state index is 12.4. The van der Waals surface area contributed by atoms with Crippen LogP contribution in [0, 0.1) is 0 Å². The summed E-state index contributed by atoms with van der Waals surface area (Å²) < 4.78 is 10.7. The number of benzene rings is 1. The van der Waals surface area contributed by atoms with Crippen LogP contribution < -0.4 is 15.7 Å². The molecule has 10 heteroatoms. The highest BCUT2D eigenvalue weighted by atomic mass is 16.5. The molecule has 0 radical (unpaired) electrons. The van der Waals surface area contributed by atoms with Crippen LogP contribution in [0.3, 0.4) is 0 Å². The van der Waals surface area contributed by atoms with E-state index in [0.717, 1.165) is 6.42 Å². The van der Waals surface area contributed by atoms with E-state index >= 15 is 0 Å². The number of carboxylic acids is 1. The lowest BCUT2D eigenvalue weighted by atomic mass is 9.72. The number of rotatable bonds is 5. The van der Waals surface area contributed by atoms with Crippen molar-refractivity contribution in [3.8, 4) is 5.75 Å². The quantitative estimate of drug-likeness (QED) is 0.474. The van der Waals surface area contributed by atoms with Gasteiger partial charge >= 0.3 is 13.1 Å². The van der Waals surface area contributed by atoms with Gasteiger partial charge in [0.05, 0.1) is 24.2 Å². The van der Waals surface area contributed by atoms with E-state index in [1.165, 1.54) is 6.07 Å². The third kappa shape index (κ3) is 4.41. The minimum absolute atomic E-state index is 0.00779. The molecule has 1 aromatic rings. The molecule has 9 nitrogen and oxygen atoms in total. The molecule has 3 rings (SSSR count). The average Bonchev–Trinajstić information content (AvgIpc) is 2.63. The van der Waals surface area contributed by atoms with Gasteiger partial charge in [0.1, 0.15) is 5.75 Å². The number of nitrogens with one attached hydrogen (secondary N) is 1. The summed E-state index contributed by atoms with van der Waals surface area (Å²) in [6.07, 6.45) is 0.915. The summed E-state index contributed by atoms with van der Waals surface area (Å²) in [5, 5.41) is 22.2. The van der Waals surface area contributed by atoms with E-state index in [2.05, 4.69) is 5.32 Å². The van der Waals surface area contributed by atoms with E-state index in [0.29, 0.717) is 18.7 Å². The van der Waals surface area contributed by atoms with E-state index in [1.807, 2.05) is 4.90 Å². The third-order valence-electron chi connectivity index (χ3n) is 5.06. The van der Waals surface area contributed by atoms with E-state index in [1.54, 1.807) is 19.2 Å². The first-order chi connectivity index (χ1) is 12.9. The molecule has 0 saturated carbocycles. The first-order valence-electron chi connectivity index (χ1n) is 8.89. The molecule has 1 aromatic carbocycles. The first-order valence-corrected chi connectivity index (χ1v) is 8.89. The van der Waals surface area contributed by atoms with E-state index in [9.17, 15) is 19.7 Å². The lowest BCUT2D eigenvalue weighted by Crippen LogP contribution is -2.57. The van der Waals surface area contributed by atoms with Crippen LogP contribution in [-0.4, -0.2) is 78.9 Å². The van der Waals surface area contributed by atoms with Crippen molar-refractivity contribution in [3.05, 3.63) is 29.3 Å². The number of amides is 1. The zero-order chi connectivity index (χ0) is 19.6. The predicted molar refractivity (Wildman–Crippen MR) is 97.5 cm³/mol. The van der Waals surface area contributed by atoms with Gasteiger partial charge in [0.25, 0.3) is 0 Å². The lowest BCUT2D eigenvalue weighted by Gasteiger charge is -2.36. The van der Waals surface area contributed by atoms with Crippen molar-refractivity contribution < 1.29 is 29.1 Å². The van der Waals surface area contributed by atoms with E-state index in [4.69, 9.17) is 15.1 Å². The molecule has 27 heavy (non-hydrogen) atoms. The highest BCUT2D eigenvalue weighted by Gasteiger charge is 2.38. The van der Waals surface area contributed by atoms with Gasteiger partial charge in [0.15, 0.2) is 0 Å². The number of nitrogens with two attached hydrogens (primary N) is 1. The fourth-order valence-electron chi connectivity index (χ4n) is 3.56. The van der Waals surface area contributed by atoms with Crippen LogP contribution in [0.5, 0.6) is 5.75 Å². The Labute approximate surface area is 157 Å². The van der Waals surface area contributed by atoms with Crippen LogP contribution in [0.2, 0.25) is 0 Å². The number of para-hydroxylation sites is 1. The Balaban J connectivity index is 1.60. The fraction of sp³-hybridized carbons (Fsp3) is 0.529. The Morgan fingerprint density at radius 3 is 2.96 bits per heavy atom. The number of hydrogen-bond acceptors (Lipinski definition) is 7. The third-order valence-corrected chi connectivity index (χ3v) is 5.06. The molecular weight excluding hydrogens is 353 g/mol. The number of fused-ring (bicyclic) bond motifs is 1. The van der Waals surface area contributed by atoms with Crippen LogP contribution in [0.15, 0.2) is 18.2 Å². The molecule has 2 heterocycles. The molecule has 1 saturated heterocycles. The fourth-order valence-corrected chi connectivity index (χ4v) is 3.56. The van der Waals surface area contributed by atoms with E-state index < -0.39 is 19.0 Å². The van der Waals surface area contributed by atoms with Gasteiger partial charge in [-0.05, 0) is 24.5 Å². The van der Waals surface area contributed by atoms with Gasteiger partial charge in [-0.25, -0.2) is 4.79 Å². The van der Waals surface area contributed by atoms with Crippen molar-refractivity contribution in [1.29, 1.82) is 0 Å². The highest BCUT2D eigenvalue weighted by molar-refractivity contribution is 6.47. The summed E-state index contributed by atoms with van der Waals surface area (Å²) >= 11 is 0. The highest BCUT2D eigenvalue weighted by Crippen LogP contribution is 2.30. The van der Waals surface area contributed by atoms with Crippen molar-refractivity contribution in [3.63, 3.8) is 0 Å². The SMILES string of the molecule is COC1CN(CC(=O)NC2Cc3cccc(C(=O)O)c3OB2O)CCC1N. The van der Waals surface area contributed by atoms with Crippen molar-refractivity contribution in [1.82, 2.24) is 10.2 Å². The largest absolute Gasteiger partial charge is 0.547 e. The predicted octanol–water partition coefficient (Wildman–Crippen LogP) is -1.13. The van der Waals surface area contributed by atoms with Crippen molar-refractivity contribution >= 4 is 19.0 Å². The van der Waals surface area contributed by atoms with Gasteiger partial charge in [-0.2, -0.15) is 0 Å². The van der Waals surface area contributed by atoms with Crippen LogP contribution in [0.1, 0.15) is 22.3 Å². The number of hydrogen-bond donors (Lipinski definition) is 4. The summed E-state index contributed by atoms with van der Waals surface area (Å²) in [6, 6.07) is 4.72. The second-order valence-corrected chi connectivity index (χ2v) is 6.95. The smallest absolute Gasteiger partial charge is 0.534 e. The summed E-state index contributed by atoms with van der Waals surface area (Å²) in [5.74, 6) is -1.88. The molecule has 1 amide bonds. The second kappa shape index (κ2) is 8.26. The van der Waals surface area contributed by atoms with Crippen LogP contribution in [0.25, 0.3) is 0 Å². The molecule has 2 aliphatic rings. The normalized spacial score (nSPS) is 25.4. The monoisotopic (exact) mass is 377 g/mol. The molecule has 5 N–H and O–H groups in total. The number of carbonyl (C=O) groups is 2. The van der Waals surface area contributed by atoms with Crippen LogP contribution in [0.4, 0.5) is 0 Å². The molecule has 1 fully saturated rings. The summed E-state index contributed by atoms with van der Waals surface area (Å²) in [7, 11) is 0.288. The van der Waals surface area contributed by atoms with Gasteiger partial charge in [-0.1, -0.05) is 12.1 Å². The standard InChI is InChI=1S/C17H24BN3O6/c1-26-13-8-21(6-5-12(13)19)9-15(22)20-14-7-10-3-2-4-11(17(23)24)16(10)27-18(14)25/h2-4,12-14,25H,5-9,19H2,1H3,(H,20,22)(H,23,24). The minimum atomic E-state index is -1.32. The maximum absolute atomic E-state index is 12.4. The van der Waals surface area contributed by atoms with Gasteiger partial charge in [-0.15, -0.1) is 0 Å². The molecule has 0 aromatic heterocycles. The Hall–Kier alpha value is -2.14. The number of carbonyl (C=O) groups excluding carboxylic acids is 1. The number of nitrogens with zero attached hydrogens (tertiary/aromatic N) is 1. The van der Waals surface area contributed by atoms with Gasteiger partial charge < -0.3 is 30.6 Å². The zero-order valence-corrected chi connectivity index (χ0v) is 15.1. The number of carboxylic acid groups (broad SMARTS) is 1. The topological polar surface area (TPSA) is 134 Å². The number of piperidine rings is 1. The Morgan fingerprint density at radius 2 is 2.26 bits per heavy atom. The van der Waals surface area contributed by atoms with Crippen LogP contribution in [-0.2, 0) is 16.0 Å². The number of methoxy groups -OCH3 is 1. The summed E-state index contributed by atoms with van der Waals surface area (Å²) in [4.78, 5) is 25.6.